The number of aromatic nitrogens is 1. The number of nitrogens with one attached hydrogen (secondary N) is 1. The first-order chi connectivity index (χ1) is 9.38. The minimum atomic E-state index is -1.07. The number of rotatable bonds is 3. The zero-order valence-corrected chi connectivity index (χ0v) is 12.3. The lowest BCUT2D eigenvalue weighted by Crippen LogP contribution is -2.14. The molecule has 0 saturated carbocycles. The number of aryl methyl sites for hydroxylation is 2. The highest BCUT2D eigenvalue weighted by Crippen LogP contribution is 2.28. The van der Waals surface area contributed by atoms with Crippen molar-refractivity contribution in [3.05, 3.63) is 44.4 Å². The van der Waals surface area contributed by atoms with E-state index in [1.165, 1.54) is 6.07 Å². The largest absolute Gasteiger partial charge is 0.477 e. The van der Waals surface area contributed by atoms with Crippen LogP contribution in [0.1, 0.15) is 31.3 Å². The number of nitrogens with zero attached hydrogens (tertiary/aromatic N) is 1. The molecule has 104 valence electrons. The van der Waals surface area contributed by atoms with Gasteiger partial charge in [0.25, 0.3) is 5.91 Å². The maximum atomic E-state index is 12.2. The minimum Gasteiger partial charge on any atom is -0.477 e. The Kier molecular flexibility index (Phi) is 4.06. The standard InChI is InChI=1S/C13H11ClN2O3S/c1-6-5-20-11(13(18)19)10(6)16-12(17)8-3-7(2)15-9(14)4-8/h3-5H,1-2H3,(H,16,17)(H,18,19). The maximum absolute atomic E-state index is 12.2. The van der Waals surface area contributed by atoms with Crippen LogP contribution in [0.25, 0.3) is 0 Å². The molecule has 0 aliphatic carbocycles. The summed E-state index contributed by atoms with van der Waals surface area (Å²) < 4.78 is 0. The van der Waals surface area contributed by atoms with Crippen LogP contribution in [0.15, 0.2) is 17.5 Å². The lowest BCUT2D eigenvalue weighted by molar-refractivity contribution is 0.0703. The summed E-state index contributed by atoms with van der Waals surface area (Å²) >= 11 is 6.88. The summed E-state index contributed by atoms with van der Waals surface area (Å²) in [6.45, 7) is 3.46. The molecule has 2 heterocycles. The number of carbonyl (C=O) groups is 2. The van der Waals surface area contributed by atoms with E-state index in [9.17, 15) is 9.59 Å². The van der Waals surface area contributed by atoms with Crippen molar-refractivity contribution in [1.29, 1.82) is 0 Å². The third-order valence-electron chi connectivity index (χ3n) is 2.59. The predicted octanol–water partition coefficient (Wildman–Crippen LogP) is 3.36. The molecule has 0 atom stereocenters. The number of carboxylic acid groups (broad SMARTS) is 1. The van der Waals surface area contributed by atoms with Gasteiger partial charge in [0.05, 0.1) is 5.69 Å². The fourth-order valence-electron chi connectivity index (χ4n) is 1.70. The van der Waals surface area contributed by atoms with E-state index in [0.29, 0.717) is 22.5 Å². The van der Waals surface area contributed by atoms with Crippen molar-refractivity contribution >= 4 is 40.5 Å². The molecule has 2 rings (SSSR count). The number of amides is 1. The highest BCUT2D eigenvalue weighted by Gasteiger charge is 2.18. The molecule has 2 N–H and O–H groups in total. The molecule has 7 heteroatoms. The van der Waals surface area contributed by atoms with Crippen LogP contribution >= 0.6 is 22.9 Å². The molecule has 0 bridgehead atoms. The van der Waals surface area contributed by atoms with E-state index in [1.54, 1.807) is 25.3 Å². The number of hydrogen-bond acceptors (Lipinski definition) is 4. The number of carbonyl (C=O) groups excluding carboxylic acids is 1. The number of halogens is 1. The van der Waals surface area contributed by atoms with Crippen LogP contribution in [0.5, 0.6) is 0 Å². The van der Waals surface area contributed by atoms with Gasteiger partial charge >= 0.3 is 5.97 Å². The molecule has 0 aliphatic rings. The second kappa shape index (κ2) is 5.60. The molecule has 20 heavy (non-hydrogen) atoms. The van der Waals surface area contributed by atoms with Crippen molar-refractivity contribution < 1.29 is 14.7 Å². The first-order valence-corrected chi connectivity index (χ1v) is 6.91. The zero-order valence-electron chi connectivity index (χ0n) is 10.7. The molecule has 0 saturated heterocycles. The Balaban J connectivity index is 2.32. The fourth-order valence-corrected chi connectivity index (χ4v) is 2.80. The van der Waals surface area contributed by atoms with E-state index in [2.05, 4.69) is 10.3 Å². The first-order valence-electron chi connectivity index (χ1n) is 5.65. The molecule has 2 aromatic heterocycles. The average Bonchev–Trinajstić information content (AvgIpc) is 2.70. The topological polar surface area (TPSA) is 79.3 Å². The summed E-state index contributed by atoms with van der Waals surface area (Å²) in [7, 11) is 0. The Morgan fingerprint density at radius 2 is 2.05 bits per heavy atom. The van der Waals surface area contributed by atoms with Crippen molar-refractivity contribution in [2.24, 2.45) is 0 Å². The average molecular weight is 311 g/mol. The van der Waals surface area contributed by atoms with Crippen molar-refractivity contribution in [3.8, 4) is 0 Å². The van der Waals surface area contributed by atoms with E-state index < -0.39 is 11.9 Å². The molecule has 0 aromatic carbocycles. The van der Waals surface area contributed by atoms with Crippen LogP contribution < -0.4 is 5.32 Å². The van der Waals surface area contributed by atoms with Gasteiger partial charge in [0.2, 0.25) is 0 Å². The van der Waals surface area contributed by atoms with Crippen LogP contribution in [0.4, 0.5) is 5.69 Å². The van der Waals surface area contributed by atoms with Gasteiger partial charge in [0.1, 0.15) is 10.0 Å². The third-order valence-corrected chi connectivity index (χ3v) is 3.87. The lowest BCUT2D eigenvalue weighted by Gasteiger charge is -2.07. The molecular formula is C13H11ClN2O3S. The van der Waals surface area contributed by atoms with E-state index in [0.717, 1.165) is 11.3 Å². The van der Waals surface area contributed by atoms with Crippen LogP contribution in [0.2, 0.25) is 5.15 Å². The Bertz CT molecular complexity index is 677. The summed E-state index contributed by atoms with van der Waals surface area (Å²) in [4.78, 5) is 27.3. The highest BCUT2D eigenvalue weighted by molar-refractivity contribution is 7.12. The second-order valence-electron chi connectivity index (χ2n) is 4.20. The van der Waals surface area contributed by atoms with Crippen LogP contribution in [0, 0.1) is 13.8 Å². The number of hydrogen-bond donors (Lipinski definition) is 2. The van der Waals surface area contributed by atoms with E-state index in [4.69, 9.17) is 16.7 Å². The maximum Gasteiger partial charge on any atom is 0.348 e. The molecule has 0 spiro atoms. The molecule has 1 amide bonds. The summed E-state index contributed by atoms with van der Waals surface area (Å²) in [6.07, 6.45) is 0. The molecule has 5 nitrogen and oxygen atoms in total. The lowest BCUT2D eigenvalue weighted by atomic mass is 10.2. The van der Waals surface area contributed by atoms with E-state index in [-0.39, 0.29) is 10.0 Å². The van der Waals surface area contributed by atoms with Crippen molar-refractivity contribution in [2.75, 3.05) is 5.32 Å². The molecule has 2 aromatic rings. The van der Waals surface area contributed by atoms with Gasteiger partial charge in [-0.3, -0.25) is 4.79 Å². The van der Waals surface area contributed by atoms with Gasteiger partial charge in [-0.1, -0.05) is 11.6 Å². The monoisotopic (exact) mass is 310 g/mol. The fraction of sp³-hybridized carbons (Fsp3) is 0.154. The highest BCUT2D eigenvalue weighted by atomic mass is 35.5. The van der Waals surface area contributed by atoms with Crippen LogP contribution in [0.3, 0.4) is 0 Å². The first kappa shape index (κ1) is 14.5. The van der Waals surface area contributed by atoms with Crippen molar-refractivity contribution in [1.82, 2.24) is 4.98 Å². The minimum absolute atomic E-state index is 0.104. The Labute approximate surface area is 124 Å². The van der Waals surface area contributed by atoms with Gasteiger partial charge in [-0.05, 0) is 36.9 Å². The molecule has 0 fully saturated rings. The van der Waals surface area contributed by atoms with Crippen LogP contribution in [-0.2, 0) is 0 Å². The SMILES string of the molecule is Cc1cc(C(=O)Nc2c(C)csc2C(=O)O)cc(Cl)n1. The van der Waals surface area contributed by atoms with Gasteiger partial charge in [-0.2, -0.15) is 0 Å². The van der Waals surface area contributed by atoms with Gasteiger partial charge < -0.3 is 10.4 Å². The summed E-state index contributed by atoms with van der Waals surface area (Å²) in [5.41, 5.74) is 1.98. The Hall–Kier alpha value is -1.92. The van der Waals surface area contributed by atoms with Gasteiger partial charge in [0.15, 0.2) is 0 Å². The molecule has 0 aliphatic heterocycles. The summed E-state index contributed by atoms with van der Waals surface area (Å²) in [5.74, 6) is -1.48. The Morgan fingerprint density at radius 1 is 1.35 bits per heavy atom. The van der Waals surface area contributed by atoms with Crippen molar-refractivity contribution in [2.45, 2.75) is 13.8 Å². The van der Waals surface area contributed by atoms with Crippen LogP contribution in [-0.4, -0.2) is 22.0 Å². The molecular weight excluding hydrogens is 300 g/mol. The number of anilines is 1. The van der Waals surface area contributed by atoms with E-state index >= 15 is 0 Å². The van der Waals surface area contributed by atoms with Crippen molar-refractivity contribution in [3.63, 3.8) is 0 Å². The third kappa shape index (κ3) is 2.97. The predicted molar refractivity (Wildman–Crippen MR) is 78.0 cm³/mol. The summed E-state index contributed by atoms with van der Waals surface area (Å²) in [6, 6.07) is 3.02. The van der Waals surface area contributed by atoms with Gasteiger partial charge in [-0.25, -0.2) is 9.78 Å². The number of thiophene rings is 1. The molecule has 0 unspecified atom stereocenters. The molecule has 0 radical (unpaired) electrons. The van der Waals surface area contributed by atoms with Gasteiger partial charge in [-0.15, -0.1) is 11.3 Å². The zero-order chi connectivity index (χ0) is 14.9. The smallest absolute Gasteiger partial charge is 0.348 e. The second-order valence-corrected chi connectivity index (χ2v) is 5.47. The summed E-state index contributed by atoms with van der Waals surface area (Å²) in [5, 5.41) is 13.6. The Morgan fingerprint density at radius 3 is 2.65 bits per heavy atom. The number of carboxylic acids is 1. The number of pyridine rings is 1. The number of aromatic carboxylic acids is 1. The van der Waals surface area contributed by atoms with Gasteiger partial charge in [0, 0.05) is 11.3 Å². The normalized spacial score (nSPS) is 10.3. The quantitative estimate of drug-likeness (QED) is 0.852. The van der Waals surface area contributed by atoms with E-state index in [1.807, 2.05) is 0 Å².